The van der Waals surface area contributed by atoms with Crippen molar-refractivity contribution in [2.75, 3.05) is 19.7 Å². The summed E-state index contributed by atoms with van der Waals surface area (Å²) in [6, 6.07) is 8.15. The van der Waals surface area contributed by atoms with Gasteiger partial charge in [0.2, 0.25) is 0 Å². The molecule has 1 saturated heterocycles. The monoisotopic (exact) mass is 289 g/mol. The standard InChI is InChI=1S/C17H23NO3/c1-3-21-16(20)17(2)8-9-18(11-17)14-10-12-6-4-5-7-13(12)15(14)19/h4-7,14-15,19H,3,8-11H2,1-2H3. The van der Waals surface area contributed by atoms with E-state index in [2.05, 4.69) is 11.0 Å². The Bertz CT molecular complexity index is 545. The van der Waals surface area contributed by atoms with Crippen LogP contribution >= 0.6 is 0 Å². The third-order valence-electron chi connectivity index (χ3n) is 4.91. The summed E-state index contributed by atoms with van der Waals surface area (Å²) in [4.78, 5) is 14.4. The Balaban J connectivity index is 1.72. The second-order valence-corrected chi connectivity index (χ2v) is 6.42. The molecule has 1 aliphatic carbocycles. The van der Waals surface area contributed by atoms with Crippen LogP contribution in [0.2, 0.25) is 0 Å². The van der Waals surface area contributed by atoms with Crippen molar-refractivity contribution in [1.82, 2.24) is 4.90 Å². The maximum absolute atomic E-state index is 12.1. The van der Waals surface area contributed by atoms with E-state index in [9.17, 15) is 9.90 Å². The molecule has 114 valence electrons. The maximum Gasteiger partial charge on any atom is 0.313 e. The van der Waals surface area contributed by atoms with E-state index >= 15 is 0 Å². The molecule has 2 aliphatic rings. The molecule has 1 aromatic carbocycles. The van der Waals surface area contributed by atoms with Crippen LogP contribution in [0.25, 0.3) is 0 Å². The summed E-state index contributed by atoms with van der Waals surface area (Å²) in [5.74, 6) is -0.113. The van der Waals surface area contributed by atoms with E-state index in [0.29, 0.717) is 13.2 Å². The van der Waals surface area contributed by atoms with E-state index in [4.69, 9.17) is 4.74 Å². The van der Waals surface area contributed by atoms with Crippen LogP contribution in [0.1, 0.15) is 37.5 Å². The summed E-state index contributed by atoms with van der Waals surface area (Å²) in [5, 5.41) is 10.6. The molecule has 0 spiro atoms. The minimum absolute atomic E-state index is 0.0821. The zero-order valence-corrected chi connectivity index (χ0v) is 12.7. The fourth-order valence-electron chi connectivity index (χ4n) is 3.63. The number of hydrogen-bond donors (Lipinski definition) is 1. The fourth-order valence-corrected chi connectivity index (χ4v) is 3.63. The smallest absolute Gasteiger partial charge is 0.313 e. The van der Waals surface area contributed by atoms with Gasteiger partial charge in [0.25, 0.3) is 0 Å². The average molecular weight is 289 g/mol. The van der Waals surface area contributed by atoms with E-state index < -0.39 is 11.5 Å². The number of carbonyl (C=O) groups is 1. The van der Waals surface area contributed by atoms with Gasteiger partial charge in [-0.05, 0) is 44.4 Å². The first kappa shape index (κ1) is 14.5. The van der Waals surface area contributed by atoms with E-state index in [1.807, 2.05) is 32.0 Å². The second-order valence-electron chi connectivity index (χ2n) is 6.42. The van der Waals surface area contributed by atoms with Gasteiger partial charge in [-0.15, -0.1) is 0 Å². The van der Waals surface area contributed by atoms with Crippen LogP contribution < -0.4 is 0 Å². The first-order valence-electron chi connectivity index (χ1n) is 7.72. The largest absolute Gasteiger partial charge is 0.466 e. The predicted octanol–water partition coefficient (Wildman–Crippen LogP) is 1.92. The van der Waals surface area contributed by atoms with Gasteiger partial charge in [0.15, 0.2) is 0 Å². The Morgan fingerprint density at radius 1 is 1.48 bits per heavy atom. The fraction of sp³-hybridized carbons (Fsp3) is 0.588. The Hall–Kier alpha value is -1.39. The van der Waals surface area contributed by atoms with Crippen molar-refractivity contribution in [2.24, 2.45) is 5.41 Å². The zero-order valence-electron chi connectivity index (χ0n) is 12.7. The molecule has 0 saturated carbocycles. The van der Waals surface area contributed by atoms with Gasteiger partial charge in [0.05, 0.1) is 18.1 Å². The van der Waals surface area contributed by atoms with E-state index in [1.54, 1.807) is 0 Å². The molecule has 4 nitrogen and oxygen atoms in total. The number of hydrogen-bond acceptors (Lipinski definition) is 4. The van der Waals surface area contributed by atoms with Crippen LogP contribution in [0.5, 0.6) is 0 Å². The van der Waals surface area contributed by atoms with Crippen molar-refractivity contribution in [3.63, 3.8) is 0 Å². The second kappa shape index (κ2) is 5.43. The number of aliphatic hydroxyl groups excluding tert-OH is 1. The molecule has 3 rings (SSSR count). The molecular weight excluding hydrogens is 266 g/mol. The topological polar surface area (TPSA) is 49.8 Å². The number of esters is 1. The third kappa shape index (κ3) is 2.47. The van der Waals surface area contributed by atoms with Crippen LogP contribution in [-0.2, 0) is 16.0 Å². The quantitative estimate of drug-likeness (QED) is 0.864. The summed E-state index contributed by atoms with van der Waals surface area (Å²) in [7, 11) is 0. The Morgan fingerprint density at radius 3 is 2.95 bits per heavy atom. The van der Waals surface area contributed by atoms with Gasteiger partial charge in [-0.1, -0.05) is 24.3 Å². The van der Waals surface area contributed by atoms with Crippen molar-refractivity contribution in [2.45, 2.75) is 38.8 Å². The van der Waals surface area contributed by atoms with Crippen LogP contribution in [-0.4, -0.2) is 41.7 Å². The van der Waals surface area contributed by atoms with Crippen LogP contribution in [0.15, 0.2) is 24.3 Å². The van der Waals surface area contributed by atoms with Gasteiger partial charge in [-0.25, -0.2) is 0 Å². The molecule has 0 bridgehead atoms. The number of rotatable bonds is 3. The molecule has 1 N–H and O–H groups in total. The predicted molar refractivity (Wildman–Crippen MR) is 79.8 cm³/mol. The highest BCUT2D eigenvalue weighted by molar-refractivity contribution is 5.77. The van der Waals surface area contributed by atoms with Gasteiger partial charge in [0.1, 0.15) is 0 Å². The summed E-state index contributed by atoms with van der Waals surface area (Å²) in [5.41, 5.74) is 1.82. The van der Waals surface area contributed by atoms with Gasteiger partial charge in [-0.2, -0.15) is 0 Å². The van der Waals surface area contributed by atoms with Crippen molar-refractivity contribution < 1.29 is 14.6 Å². The summed E-state index contributed by atoms with van der Waals surface area (Å²) >= 11 is 0. The van der Waals surface area contributed by atoms with Crippen LogP contribution in [0, 0.1) is 5.41 Å². The third-order valence-corrected chi connectivity index (χ3v) is 4.91. The van der Waals surface area contributed by atoms with E-state index in [1.165, 1.54) is 5.56 Å². The summed E-state index contributed by atoms with van der Waals surface area (Å²) < 4.78 is 5.20. The van der Waals surface area contributed by atoms with Gasteiger partial charge < -0.3 is 9.84 Å². The molecule has 1 aromatic rings. The van der Waals surface area contributed by atoms with Crippen LogP contribution in [0.4, 0.5) is 0 Å². The number of fused-ring (bicyclic) bond motifs is 1. The van der Waals surface area contributed by atoms with Gasteiger partial charge in [0, 0.05) is 12.6 Å². The lowest BCUT2D eigenvalue weighted by molar-refractivity contribution is -0.153. The lowest BCUT2D eigenvalue weighted by atomic mass is 9.90. The lowest BCUT2D eigenvalue weighted by Gasteiger charge is -2.28. The highest BCUT2D eigenvalue weighted by Gasteiger charge is 2.46. The molecule has 1 fully saturated rings. The highest BCUT2D eigenvalue weighted by Crippen LogP contribution is 2.40. The average Bonchev–Trinajstić information content (AvgIpc) is 3.02. The molecular formula is C17H23NO3. The first-order valence-corrected chi connectivity index (χ1v) is 7.72. The summed E-state index contributed by atoms with van der Waals surface area (Å²) in [6.45, 7) is 5.74. The minimum Gasteiger partial charge on any atom is -0.466 e. The SMILES string of the molecule is CCOC(=O)C1(C)CCN(C2Cc3ccccc3C2O)C1. The van der Waals surface area contributed by atoms with Crippen LogP contribution in [0.3, 0.4) is 0 Å². The van der Waals surface area contributed by atoms with E-state index in [0.717, 1.165) is 24.9 Å². The lowest BCUT2D eigenvalue weighted by Crippen LogP contribution is -2.40. The molecule has 21 heavy (non-hydrogen) atoms. The van der Waals surface area contributed by atoms with Crippen molar-refractivity contribution in [3.8, 4) is 0 Å². The van der Waals surface area contributed by atoms with Crippen molar-refractivity contribution >= 4 is 5.97 Å². The Kier molecular flexibility index (Phi) is 3.76. The van der Waals surface area contributed by atoms with E-state index in [-0.39, 0.29) is 12.0 Å². The molecule has 1 heterocycles. The number of carbonyl (C=O) groups excluding carboxylic acids is 1. The highest BCUT2D eigenvalue weighted by atomic mass is 16.5. The van der Waals surface area contributed by atoms with Crippen molar-refractivity contribution in [1.29, 1.82) is 0 Å². The zero-order chi connectivity index (χ0) is 15.0. The normalized spacial score (nSPS) is 32.1. The number of nitrogens with zero attached hydrogens (tertiary/aromatic N) is 1. The molecule has 3 atom stereocenters. The summed E-state index contributed by atoms with van der Waals surface area (Å²) in [6.07, 6.45) is 1.20. The first-order chi connectivity index (χ1) is 10.0. The minimum atomic E-state index is -0.453. The van der Waals surface area contributed by atoms with Gasteiger partial charge in [-0.3, -0.25) is 9.69 Å². The molecule has 1 aliphatic heterocycles. The Morgan fingerprint density at radius 2 is 2.24 bits per heavy atom. The van der Waals surface area contributed by atoms with Crippen molar-refractivity contribution in [3.05, 3.63) is 35.4 Å². The molecule has 0 aromatic heterocycles. The maximum atomic E-state index is 12.1. The molecule has 0 radical (unpaired) electrons. The molecule has 0 amide bonds. The molecule has 3 unspecified atom stereocenters. The number of aliphatic hydroxyl groups is 1. The Labute approximate surface area is 125 Å². The molecule has 4 heteroatoms. The number of ether oxygens (including phenoxy) is 1. The van der Waals surface area contributed by atoms with Gasteiger partial charge >= 0.3 is 5.97 Å². The number of benzene rings is 1. The number of likely N-dealkylation sites (tertiary alicyclic amines) is 1.